The minimum absolute atomic E-state index is 0.0480. The van der Waals surface area contributed by atoms with Crippen LogP contribution in [0.5, 0.6) is 11.5 Å². The van der Waals surface area contributed by atoms with E-state index in [-0.39, 0.29) is 12.1 Å². The standard InChI is InChI=1S/C21H24ClN3O3/c1-15(16-5-6-19-20(13-16)28-12-11-27-19)23-21(26)25-9-7-24(8-10-25)18-4-2-3-17(22)14-18/h2-6,13-15H,7-12H2,1H3,(H,23,26). The Hall–Kier alpha value is -2.60. The molecule has 2 amide bonds. The maximum absolute atomic E-state index is 12.7. The minimum Gasteiger partial charge on any atom is -0.486 e. The van der Waals surface area contributed by atoms with Crippen molar-refractivity contribution < 1.29 is 14.3 Å². The van der Waals surface area contributed by atoms with Gasteiger partial charge in [0.25, 0.3) is 0 Å². The van der Waals surface area contributed by atoms with Crippen LogP contribution in [0.3, 0.4) is 0 Å². The molecule has 7 heteroatoms. The lowest BCUT2D eigenvalue weighted by atomic mass is 10.1. The van der Waals surface area contributed by atoms with Crippen LogP contribution in [0.25, 0.3) is 0 Å². The molecule has 6 nitrogen and oxygen atoms in total. The summed E-state index contributed by atoms with van der Waals surface area (Å²) in [6, 6.07) is 13.5. The molecular weight excluding hydrogens is 378 g/mol. The first-order valence-electron chi connectivity index (χ1n) is 9.55. The molecule has 0 radical (unpaired) electrons. The summed E-state index contributed by atoms with van der Waals surface area (Å²) in [5.74, 6) is 1.49. The Morgan fingerprint density at radius 3 is 2.54 bits per heavy atom. The second-order valence-electron chi connectivity index (χ2n) is 7.03. The summed E-state index contributed by atoms with van der Waals surface area (Å²) < 4.78 is 11.2. The van der Waals surface area contributed by atoms with Gasteiger partial charge >= 0.3 is 6.03 Å². The van der Waals surface area contributed by atoms with E-state index in [0.29, 0.717) is 26.3 Å². The van der Waals surface area contributed by atoms with E-state index < -0.39 is 0 Å². The molecule has 0 aromatic heterocycles. The van der Waals surface area contributed by atoms with Gasteiger partial charge in [-0.25, -0.2) is 4.79 Å². The van der Waals surface area contributed by atoms with E-state index in [4.69, 9.17) is 21.1 Å². The summed E-state index contributed by atoms with van der Waals surface area (Å²) in [5, 5.41) is 3.82. The number of anilines is 1. The fourth-order valence-electron chi connectivity index (χ4n) is 3.53. The van der Waals surface area contributed by atoms with Crippen molar-refractivity contribution in [3.05, 3.63) is 53.1 Å². The normalized spacial score (nSPS) is 17.2. The molecule has 1 N–H and O–H groups in total. The Morgan fingerprint density at radius 1 is 1.04 bits per heavy atom. The average Bonchev–Trinajstić information content (AvgIpc) is 2.73. The molecule has 28 heavy (non-hydrogen) atoms. The van der Waals surface area contributed by atoms with E-state index in [0.717, 1.165) is 40.9 Å². The fraction of sp³-hybridized carbons (Fsp3) is 0.381. The Labute approximate surface area is 170 Å². The number of piperazine rings is 1. The van der Waals surface area contributed by atoms with Gasteiger partial charge in [-0.05, 0) is 42.8 Å². The van der Waals surface area contributed by atoms with Gasteiger partial charge in [-0.15, -0.1) is 0 Å². The summed E-state index contributed by atoms with van der Waals surface area (Å²) in [4.78, 5) is 16.8. The molecule has 1 saturated heterocycles. The first-order chi connectivity index (χ1) is 13.6. The molecule has 0 bridgehead atoms. The molecule has 1 fully saturated rings. The van der Waals surface area contributed by atoms with E-state index in [1.165, 1.54) is 0 Å². The molecule has 148 valence electrons. The zero-order valence-electron chi connectivity index (χ0n) is 15.9. The zero-order valence-corrected chi connectivity index (χ0v) is 16.6. The van der Waals surface area contributed by atoms with Crippen LogP contribution in [0, 0.1) is 0 Å². The Bertz CT molecular complexity index is 853. The number of nitrogens with one attached hydrogen (secondary N) is 1. The predicted octanol–water partition coefficient (Wildman–Crippen LogP) is 3.70. The van der Waals surface area contributed by atoms with E-state index >= 15 is 0 Å². The topological polar surface area (TPSA) is 54.0 Å². The SMILES string of the molecule is CC(NC(=O)N1CCN(c2cccc(Cl)c2)CC1)c1ccc2c(c1)OCCO2. The summed E-state index contributed by atoms with van der Waals surface area (Å²) in [6.45, 7) is 6.01. The first kappa shape index (κ1) is 18.7. The van der Waals surface area contributed by atoms with Crippen LogP contribution in [-0.2, 0) is 0 Å². The van der Waals surface area contributed by atoms with Crippen molar-refractivity contribution in [1.29, 1.82) is 0 Å². The number of ether oxygens (including phenoxy) is 2. The molecule has 2 aromatic rings. The highest BCUT2D eigenvalue weighted by Gasteiger charge is 2.23. The summed E-state index contributed by atoms with van der Waals surface area (Å²) in [6.07, 6.45) is 0. The maximum atomic E-state index is 12.7. The first-order valence-corrected chi connectivity index (χ1v) is 9.93. The van der Waals surface area contributed by atoms with Gasteiger partial charge in [-0.3, -0.25) is 0 Å². The number of carbonyl (C=O) groups is 1. The smallest absolute Gasteiger partial charge is 0.317 e. The van der Waals surface area contributed by atoms with Crippen LogP contribution in [0.4, 0.5) is 10.5 Å². The summed E-state index contributed by atoms with van der Waals surface area (Å²) >= 11 is 6.09. The third-order valence-electron chi connectivity index (χ3n) is 5.15. The van der Waals surface area contributed by atoms with Crippen LogP contribution in [-0.4, -0.2) is 50.3 Å². The maximum Gasteiger partial charge on any atom is 0.317 e. The van der Waals surface area contributed by atoms with E-state index in [2.05, 4.69) is 10.2 Å². The third-order valence-corrected chi connectivity index (χ3v) is 5.38. The van der Waals surface area contributed by atoms with Gasteiger partial charge in [-0.1, -0.05) is 23.7 Å². The van der Waals surface area contributed by atoms with Crippen molar-refractivity contribution in [1.82, 2.24) is 10.2 Å². The van der Waals surface area contributed by atoms with Crippen molar-refractivity contribution in [2.75, 3.05) is 44.3 Å². The number of amides is 2. The number of hydrogen-bond acceptors (Lipinski definition) is 4. The van der Waals surface area contributed by atoms with Gasteiger partial charge in [0.2, 0.25) is 0 Å². The average molecular weight is 402 g/mol. The number of rotatable bonds is 3. The molecule has 1 unspecified atom stereocenters. The molecule has 2 aliphatic rings. The highest BCUT2D eigenvalue weighted by Crippen LogP contribution is 2.32. The number of benzene rings is 2. The number of hydrogen-bond donors (Lipinski definition) is 1. The van der Waals surface area contributed by atoms with Gasteiger partial charge in [0.1, 0.15) is 13.2 Å². The van der Waals surface area contributed by atoms with Crippen LogP contribution >= 0.6 is 11.6 Å². The number of urea groups is 1. The van der Waals surface area contributed by atoms with Gasteiger partial charge in [0.15, 0.2) is 11.5 Å². The number of fused-ring (bicyclic) bond motifs is 1. The van der Waals surface area contributed by atoms with Crippen molar-refractivity contribution in [3.8, 4) is 11.5 Å². The van der Waals surface area contributed by atoms with E-state index in [1.54, 1.807) is 0 Å². The zero-order chi connectivity index (χ0) is 19.5. The van der Waals surface area contributed by atoms with Crippen LogP contribution in [0.15, 0.2) is 42.5 Å². The number of carbonyl (C=O) groups excluding carboxylic acids is 1. The summed E-state index contributed by atoms with van der Waals surface area (Å²) in [5.41, 5.74) is 2.09. The lowest BCUT2D eigenvalue weighted by Gasteiger charge is -2.36. The molecule has 2 aliphatic heterocycles. The highest BCUT2D eigenvalue weighted by atomic mass is 35.5. The van der Waals surface area contributed by atoms with Crippen molar-refractivity contribution in [3.63, 3.8) is 0 Å². The van der Waals surface area contributed by atoms with Crippen LogP contribution in [0.1, 0.15) is 18.5 Å². The number of nitrogens with zero attached hydrogens (tertiary/aromatic N) is 2. The van der Waals surface area contributed by atoms with Gasteiger partial charge < -0.3 is 24.6 Å². The van der Waals surface area contributed by atoms with Gasteiger partial charge in [0, 0.05) is 36.9 Å². The van der Waals surface area contributed by atoms with E-state index in [1.807, 2.05) is 54.3 Å². The fourth-order valence-corrected chi connectivity index (χ4v) is 3.71. The van der Waals surface area contributed by atoms with Gasteiger partial charge in [0.05, 0.1) is 6.04 Å². The Balaban J connectivity index is 1.33. The Morgan fingerprint density at radius 2 is 1.79 bits per heavy atom. The molecule has 0 aliphatic carbocycles. The molecule has 1 atom stereocenters. The van der Waals surface area contributed by atoms with Gasteiger partial charge in [-0.2, -0.15) is 0 Å². The largest absolute Gasteiger partial charge is 0.486 e. The molecule has 2 aromatic carbocycles. The van der Waals surface area contributed by atoms with Crippen LogP contribution in [0.2, 0.25) is 5.02 Å². The highest BCUT2D eigenvalue weighted by molar-refractivity contribution is 6.30. The van der Waals surface area contributed by atoms with E-state index in [9.17, 15) is 4.79 Å². The van der Waals surface area contributed by atoms with Crippen LogP contribution < -0.4 is 19.7 Å². The second kappa shape index (κ2) is 8.19. The van der Waals surface area contributed by atoms with Crippen molar-refractivity contribution in [2.45, 2.75) is 13.0 Å². The second-order valence-corrected chi connectivity index (χ2v) is 7.46. The summed E-state index contributed by atoms with van der Waals surface area (Å²) in [7, 11) is 0. The molecule has 0 saturated carbocycles. The quantitative estimate of drug-likeness (QED) is 0.851. The predicted molar refractivity (Wildman–Crippen MR) is 110 cm³/mol. The monoisotopic (exact) mass is 401 g/mol. The molecule has 0 spiro atoms. The molecule has 4 rings (SSSR count). The third kappa shape index (κ3) is 4.12. The van der Waals surface area contributed by atoms with Crippen molar-refractivity contribution in [2.24, 2.45) is 0 Å². The lowest BCUT2D eigenvalue weighted by Crippen LogP contribution is -2.52. The lowest BCUT2D eigenvalue weighted by molar-refractivity contribution is 0.171. The Kier molecular flexibility index (Phi) is 5.48. The molecular formula is C21H24ClN3O3. The molecule has 2 heterocycles. The minimum atomic E-state index is -0.116. The van der Waals surface area contributed by atoms with Crippen molar-refractivity contribution >= 4 is 23.3 Å². The number of halogens is 1.